The number of benzene rings is 1. The van der Waals surface area contributed by atoms with Crippen LogP contribution in [0.4, 0.5) is 4.79 Å². The summed E-state index contributed by atoms with van der Waals surface area (Å²) < 4.78 is 15.2. The van der Waals surface area contributed by atoms with E-state index in [-0.39, 0.29) is 6.61 Å². The predicted octanol–water partition coefficient (Wildman–Crippen LogP) is -1.13. The molecule has 1 aromatic rings. The Kier molecular flexibility index (Phi) is 8.15. The van der Waals surface area contributed by atoms with Crippen molar-refractivity contribution in [3.05, 3.63) is 35.9 Å². The molecule has 1 saturated heterocycles. The number of methoxy groups -OCH3 is 1. The molecule has 0 radical (unpaired) electrons. The molecule has 28 heavy (non-hydrogen) atoms. The molecule has 6 atom stereocenters. The molecule has 0 saturated carbocycles. The van der Waals surface area contributed by atoms with Crippen molar-refractivity contribution in [1.82, 2.24) is 10.6 Å². The fourth-order valence-corrected chi connectivity index (χ4v) is 2.75. The summed E-state index contributed by atoms with van der Waals surface area (Å²) in [6.07, 6.45) is -5.71. The van der Waals surface area contributed by atoms with Crippen LogP contribution in [-0.4, -0.2) is 77.7 Å². The number of alkyl carbamates (subject to hydrolysis) is 1. The predicted molar refractivity (Wildman–Crippen MR) is 95.9 cm³/mol. The first-order valence-electron chi connectivity index (χ1n) is 8.80. The summed E-state index contributed by atoms with van der Waals surface area (Å²) in [6.45, 7) is 0.945. The van der Waals surface area contributed by atoms with Crippen LogP contribution in [0.3, 0.4) is 0 Å². The summed E-state index contributed by atoms with van der Waals surface area (Å²) in [5.41, 5.74) is 0.795. The van der Waals surface area contributed by atoms with E-state index in [4.69, 9.17) is 14.2 Å². The van der Waals surface area contributed by atoms with Crippen LogP contribution in [0.2, 0.25) is 0 Å². The number of carbonyl (C=O) groups excluding carboxylic acids is 2. The number of hydrogen-bond donors (Lipinski definition) is 5. The van der Waals surface area contributed by atoms with Crippen molar-refractivity contribution < 1.29 is 39.1 Å². The average molecular weight is 398 g/mol. The Morgan fingerprint density at radius 1 is 1.21 bits per heavy atom. The van der Waals surface area contributed by atoms with Gasteiger partial charge in [0.1, 0.15) is 31.0 Å². The summed E-state index contributed by atoms with van der Waals surface area (Å²) in [5, 5.41) is 34.5. The molecule has 2 rings (SSSR count). The maximum atomic E-state index is 12.4. The normalized spacial score (nSPS) is 28.2. The molecule has 1 heterocycles. The zero-order valence-corrected chi connectivity index (χ0v) is 15.6. The van der Waals surface area contributed by atoms with Gasteiger partial charge in [-0.3, -0.25) is 4.79 Å². The molecule has 0 bridgehead atoms. The first-order valence-corrected chi connectivity index (χ1v) is 8.80. The minimum atomic E-state index is -1.37. The lowest BCUT2D eigenvalue weighted by atomic mass is 9.96. The van der Waals surface area contributed by atoms with Gasteiger partial charge in [-0.2, -0.15) is 0 Å². The number of aliphatic hydroxyl groups is 3. The third kappa shape index (κ3) is 5.63. The Morgan fingerprint density at radius 2 is 1.89 bits per heavy atom. The van der Waals surface area contributed by atoms with Gasteiger partial charge in [-0.05, 0) is 12.5 Å². The summed E-state index contributed by atoms with van der Waals surface area (Å²) in [4.78, 5) is 24.2. The first-order chi connectivity index (χ1) is 13.4. The second kappa shape index (κ2) is 10.3. The van der Waals surface area contributed by atoms with Crippen LogP contribution in [0, 0.1) is 0 Å². The number of carbonyl (C=O) groups is 2. The van der Waals surface area contributed by atoms with Crippen molar-refractivity contribution in [2.75, 3.05) is 13.7 Å². The Hall–Kier alpha value is -2.24. The van der Waals surface area contributed by atoms with Crippen LogP contribution in [0.25, 0.3) is 0 Å². The number of aliphatic hydroxyl groups excluding tert-OH is 3. The lowest BCUT2D eigenvalue weighted by Crippen LogP contribution is -2.66. The molecule has 10 heteroatoms. The van der Waals surface area contributed by atoms with Gasteiger partial charge in [-0.1, -0.05) is 30.3 Å². The summed E-state index contributed by atoms with van der Waals surface area (Å²) in [6, 6.07) is 6.88. The molecule has 1 aliphatic rings. The molecule has 6 unspecified atom stereocenters. The smallest absolute Gasteiger partial charge is 0.408 e. The highest BCUT2D eigenvalue weighted by molar-refractivity contribution is 5.85. The fraction of sp³-hybridized carbons (Fsp3) is 0.556. The summed E-state index contributed by atoms with van der Waals surface area (Å²) >= 11 is 0. The molecule has 1 fully saturated rings. The van der Waals surface area contributed by atoms with E-state index in [9.17, 15) is 24.9 Å². The molecule has 10 nitrogen and oxygen atoms in total. The van der Waals surface area contributed by atoms with Crippen LogP contribution in [0.15, 0.2) is 30.3 Å². The lowest BCUT2D eigenvalue weighted by molar-refractivity contribution is -0.271. The first kappa shape index (κ1) is 22.1. The fourth-order valence-electron chi connectivity index (χ4n) is 2.75. The molecule has 156 valence electrons. The topological polar surface area (TPSA) is 147 Å². The van der Waals surface area contributed by atoms with Gasteiger partial charge in [0, 0.05) is 7.11 Å². The third-order valence-electron chi connectivity index (χ3n) is 4.37. The van der Waals surface area contributed by atoms with Crippen molar-refractivity contribution in [3.8, 4) is 0 Å². The lowest BCUT2D eigenvalue weighted by Gasteiger charge is -2.42. The Morgan fingerprint density at radius 3 is 2.50 bits per heavy atom. The molecule has 1 aliphatic heterocycles. The minimum absolute atomic E-state index is 0.0477. The van der Waals surface area contributed by atoms with E-state index in [2.05, 4.69) is 10.6 Å². The molecule has 0 aliphatic carbocycles. The van der Waals surface area contributed by atoms with Crippen molar-refractivity contribution in [1.29, 1.82) is 0 Å². The monoisotopic (exact) mass is 398 g/mol. The SMILES string of the molecule is COC1OC(CO)C(O)C(NC(=O)C(C)NC(=O)OCc2ccccc2)C1O. The average Bonchev–Trinajstić information content (AvgIpc) is 2.70. The minimum Gasteiger partial charge on any atom is -0.445 e. The van der Waals surface area contributed by atoms with Gasteiger partial charge in [0.15, 0.2) is 6.29 Å². The Bertz CT molecular complexity index is 628. The quantitative estimate of drug-likeness (QED) is 0.388. The van der Waals surface area contributed by atoms with Crippen LogP contribution >= 0.6 is 0 Å². The Labute approximate surface area is 162 Å². The second-order valence-electron chi connectivity index (χ2n) is 6.40. The van der Waals surface area contributed by atoms with E-state index < -0.39 is 55.3 Å². The zero-order chi connectivity index (χ0) is 20.7. The highest BCUT2D eigenvalue weighted by Gasteiger charge is 2.45. The number of rotatable bonds is 7. The van der Waals surface area contributed by atoms with E-state index in [1.807, 2.05) is 18.2 Å². The Balaban J connectivity index is 1.88. The molecule has 5 N–H and O–H groups in total. The molecular weight excluding hydrogens is 372 g/mol. The van der Waals surface area contributed by atoms with Gasteiger partial charge in [0.05, 0.1) is 12.6 Å². The van der Waals surface area contributed by atoms with Gasteiger partial charge in [0.25, 0.3) is 0 Å². The highest BCUT2D eigenvalue weighted by atomic mass is 16.7. The van der Waals surface area contributed by atoms with Gasteiger partial charge in [-0.25, -0.2) is 4.79 Å². The largest absolute Gasteiger partial charge is 0.445 e. The van der Waals surface area contributed by atoms with Crippen molar-refractivity contribution in [2.24, 2.45) is 0 Å². The number of amides is 2. The summed E-state index contributed by atoms with van der Waals surface area (Å²) in [7, 11) is 1.28. The highest BCUT2D eigenvalue weighted by Crippen LogP contribution is 2.21. The zero-order valence-electron chi connectivity index (χ0n) is 15.6. The van der Waals surface area contributed by atoms with Crippen LogP contribution < -0.4 is 10.6 Å². The van der Waals surface area contributed by atoms with E-state index >= 15 is 0 Å². The maximum absolute atomic E-state index is 12.4. The number of hydrogen-bond acceptors (Lipinski definition) is 8. The van der Waals surface area contributed by atoms with Gasteiger partial charge < -0.3 is 40.2 Å². The van der Waals surface area contributed by atoms with Crippen LogP contribution in [0.1, 0.15) is 12.5 Å². The van der Waals surface area contributed by atoms with Crippen LogP contribution in [-0.2, 0) is 25.6 Å². The van der Waals surface area contributed by atoms with Crippen molar-refractivity contribution in [3.63, 3.8) is 0 Å². The van der Waals surface area contributed by atoms with Crippen LogP contribution in [0.5, 0.6) is 0 Å². The standard InChI is InChI=1S/C18H26N2O8/c1-10(19-18(25)27-9-11-6-4-3-5-7-11)16(24)20-13-14(22)12(8-21)28-17(26-2)15(13)23/h3-7,10,12-15,17,21-23H,8-9H2,1-2H3,(H,19,25)(H,20,24). The van der Waals surface area contributed by atoms with E-state index in [1.165, 1.54) is 14.0 Å². The second-order valence-corrected chi connectivity index (χ2v) is 6.40. The number of ether oxygens (including phenoxy) is 3. The van der Waals surface area contributed by atoms with E-state index in [1.54, 1.807) is 12.1 Å². The maximum Gasteiger partial charge on any atom is 0.408 e. The summed E-state index contributed by atoms with van der Waals surface area (Å²) in [5.74, 6) is -0.659. The van der Waals surface area contributed by atoms with Gasteiger partial charge >= 0.3 is 6.09 Å². The molecule has 0 spiro atoms. The van der Waals surface area contributed by atoms with Gasteiger partial charge in [0.2, 0.25) is 5.91 Å². The molecule has 0 aromatic heterocycles. The van der Waals surface area contributed by atoms with Crippen molar-refractivity contribution >= 4 is 12.0 Å². The van der Waals surface area contributed by atoms with Crippen molar-refractivity contribution in [2.45, 2.75) is 50.2 Å². The molecular formula is C18H26N2O8. The molecule has 1 aromatic carbocycles. The van der Waals surface area contributed by atoms with E-state index in [0.29, 0.717) is 0 Å². The third-order valence-corrected chi connectivity index (χ3v) is 4.37. The van der Waals surface area contributed by atoms with Gasteiger partial charge in [-0.15, -0.1) is 0 Å². The molecule has 2 amide bonds. The van der Waals surface area contributed by atoms with E-state index in [0.717, 1.165) is 5.56 Å². The number of nitrogens with one attached hydrogen (secondary N) is 2.